The van der Waals surface area contributed by atoms with E-state index in [0.717, 1.165) is 22.5 Å². The van der Waals surface area contributed by atoms with Crippen molar-refractivity contribution in [1.29, 1.82) is 0 Å². The van der Waals surface area contributed by atoms with Crippen LogP contribution in [0.25, 0.3) is 11.5 Å². The zero-order valence-electron chi connectivity index (χ0n) is 11.6. The molecule has 0 saturated carbocycles. The second-order valence-electron chi connectivity index (χ2n) is 5.52. The van der Waals surface area contributed by atoms with E-state index < -0.39 is 5.41 Å². The number of oxazole rings is 1. The van der Waals surface area contributed by atoms with E-state index in [-0.39, 0.29) is 5.91 Å². The Morgan fingerprint density at radius 2 is 2.20 bits per heavy atom. The van der Waals surface area contributed by atoms with Gasteiger partial charge in [-0.1, -0.05) is 0 Å². The maximum absolute atomic E-state index is 11.9. The van der Waals surface area contributed by atoms with E-state index in [9.17, 15) is 4.79 Å². The van der Waals surface area contributed by atoms with Crippen LogP contribution in [-0.4, -0.2) is 17.4 Å². The first kappa shape index (κ1) is 12.9. The fourth-order valence-electron chi connectivity index (χ4n) is 2.41. The van der Waals surface area contributed by atoms with Crippen molar-refractivity contribution in [2.75, 3.05) is 11.9 Å². The first-order valence-corrected chi connectivity index (χ1v) is 6.63. The molecular formula is C15H17N3O2. The number of fused-ring (bicyclic) bond motifs is 1. The molecule has 0 saturated heterocycles. The van der Waals surface area contributed by atoms with Crippen molar-refractivity contribution in [3.63, 3.8) is 0 Å². The maximum Gasteiger partial charge on any atom is 0.234 e. The standard InChI is InChI=1S/C15H17N3O2/c1-15(2)11-7-9(3-4-12(11)18-14(15)19)13-17-10(5-6-16)8-20-13/h3-4,7-8H,5-6,16H2,1-2H3,(H,18,19). The third-order valence-electron chi connectivity index (χ3n) is 3.71. The normalized spacial score (nSPS) is 16.1. The summed E-state index contributed by atoms with van der Waals surface area (Å²) in [7, 11) is 0. The molecule has 1 aromatic heterocycles. The van der Waals surface area contributed by atoms with Gasteiger partial charge in [0.1, 0.15) is 6.26 Å². The Hall–Kier alpha value is -2.14. The quantitative estimate of drug-likeness (QED) is 0.895. The zero-order valence-corrected chi connectivity index (χ0v) is 11.6. The lowest BCUT2D eigenvalue weighted by Gasteiger charge is -2.15. The molecule has 0 bridgehead atoms. The monoisotopic (exact) mass is 271 g/mol. The van der Waals surface area contributed by atoms with Crippen molar-refractivity contribution in [3.8, 4) is 11.5 Å². The molecule has 3 rings (SSSR count). The minimum Gasteiger partial charge on any atom is -0.444 e. The Bertz CT molecular complexity index is 674. The van der Waals surface area contributed by atoms with E-state index in [1.165, 1.54) is 0 Å². The van der Waals surface area contributed by atoms with Gasteiger partial charge in [-0.15, -0.1) is 0 Å². The van der Waals surface area contributed by atoms with E-state index in [1.54, 1.807) is 6.26 Å². The summed E-state index contributed by atoms with van der Waals surface area (Å²) in [5.74, 6) is 0.576. The van der Waals surface area contributed by atoms with Gasteiger partial charge in [0.15, 0.2) is 0 Å². The number of nitrogens with one attached hydrogen (secondary N) is 1. The number of carbonyl (C=O) groups excluding carboxylic acids is 1. The average molecular weight is 271 g/mol. The molecule has 2 heterocycles. The van der Waals surface area contributed by atoms with Crippen molar-refractivity contribution < 1.29 is 9.21 Å². The zero-order chi connectivity index (χ0) is 14.3. The third kappa shape index (κ3) is 1.91. The minimum atomic E-state index is -0.530. The van der Waals surface area contributed by atoms with Gasteiger partial charge < -0.3 is 15.5 Å². The van der Waals surface area contributed by atoms with Gasteiger partial charge in [0.05, 0.1) is 11.1 Å². The lowest BCUT2D eigenvalue weighted by Crippen LogP contribution is -2.26. The molecule has 5 heteroatoms. The second-order valence-corrected chi connectivity index (χ2v) is 5.52. The summed E-state index contributed by atoms with van der Waals surface area (Å²) in [6, 6.07) is 5.76. The Balaban J connectivity index is 2.01. The van der Waals surface area contributed by atoms with Crippen molar-refractivity contribution >= 4 is 11.6 Å². The summed E-state index contributed by atoms with van der Waals surface area (Å²) < 4.78 is 5.49. The summed E-state index contributed by atoms with van der Waals surface area (Å²) in [6.07, 6.45) is 2.32. The highest BCUT2D eigenvalue weighted by molar-refractivity contribution is 6.06. The number of anilines is 1. The molecule has 1 amide bonds. The SMILES string of the molecule is CC1(C)C(=O)Nc2ccc(-c3nc(CCN)co3)cc21. The Kier molecular flexibility index (Phi) is 2.87. The van der Waals surface area contributed by atoms with Crippen molar-refractivity contribution in [3.05, 3.63) is 35.7 Å². The van der Waals surface area contributed by atoms with Crippen LogP contribution in [0.5, 0.6) is 0 Å². The van der Waals surface area contributed by atoms with Crippen molar-refractivity contribution in [2.45, 2.75) is 25.7 Å². The molecule has 1 aliphatic heterocycles. The molecule has 0 fully saturated rings. The van der Waals surface area contributed by atoms with Crippen LogP contribution in [0.4, 0.5) is 5.69 Å². The van der Waals surface area contributed by atoms with E-state index in [0.29, 0.717) is 18.9 Å². The Morgan fingerprint density at radius 1 is 1.40 bits per heavy atom. The molecule has 0 spiro atoms. The lowest BCUT2D eigenvalue weighted by atomic mass is 9.85. The smallest absolute Gasteiger partial charge is 0.234 e. The minimum absolute atomic E-state index is 0.0147. The number of hydrogen-bond acceptors (Lipinski definition) is 4. The molecule has 3 N–H and O–H groups in total. The largest absolute Gasteiger partial charge is 0.444 e. The van der Waals surface area contributed by atoms with Gasteiger partial charge in [-0.3, -0.25) is 4.79 Å². The Labute approximate surface area is 117 Å². The molecule has 1 aliphatic rings. The second kappa shape index (κ2) is 4.45. The van der Waals surface area contributed by atoms with Crippen LogP contribution in [-0.2, 0) is 16.6 Å². The maximum atomic E-state index is 11.9. The fourth-order valence-corrected chi connectivity index (χ4v) is 2.41. The summed E-state index contributed by atoms with van der Waals surface area (Å²) >= 11 is 0. The summed E-state index contributed by atoms with van der Waals surface area (Å²) in [6.45, 7) is 4.36. The number of aromatic nitrogens is 1. The predicted octanol–water partition coefficient (Wildman–Crippen LogP) is 2.07. The van der Waals surface area contributed by atoms with Crippen LogP contribution in [0.1, 0.15) is 25.1 Å². The van der Waals surface area contributed by atoms with Gasteiger partial charge in [0.2, 0.25) is 11.8 Å². The summed E-state index contributed by atoms with van der Waals surface area (Å²) in [5, 5.41) is 2.89. The van der Waals surface area contributed by atoms with Gasteiger partial charge in [-0.05, 0) is 44.2 Å². The number of benzene rings is 1. The topological polar surface area (TPSA) is 81.2 Å². The molecule has 1 aromatic carbocycles. The number of amides is 1. The number of rotatable bonds is 3. The fraction of sp³-hybridized carbons (Fsp3) is 0.333. The number of carbonyl (C=O) groups is 1. The van der Waals surface area contributed by atoms with E-state index in [2.05, 4.69) is 10.3 Å². The number of nitrogens with two attached hydrogens (primary N) is 1. The van der Waals surface area contributed by atoms with Gasteiger partial charge in [-0.25, -0.2) is 4.98 Å². The number of hydrogen-bond donors (Lipinski definition) is 2. The molecule has 0 aliphatic carbocycles. The van der Waals surface area contributed by atoms with Gasteiger partial charge in [0, 0.05) is 17.7 Å². The van der Waals surface area contributed by atoms with Crippen LogP contribution in [0.3, 0.4) is 0 Å². The highest BCUT2D eigenvalue weighted by Gasteiger charge is 2.38. The first-order chi connectivity index (χ1) is 9.52. The summed E-state index contributed by atoms with van der Waals surface area (Å²) in [4.78, 5) is 16.3. The summed E-state index contributed by atoms with van der Waals surface area (Å²) in [5.41, 5.74) is 8.52. The third-order valence-corrected chi connectivity index (χ3v) is 3.71. The van der Waals surface area contributed by atoms with E-state index in [1.807, 2.05) is 32.0 Å². The van der Waals surface area contributed by atoms with Gasteiger partial charge in [-0.2, -0.15) is 0 Å². The highest BCUT2D eigenvalue weighted by atomic mass is 16.3. The van der Waals surface area contributed by atoms with E-state index >= 15 is 0 Å². The van der Waals surface area contributed by atoms with Gasteiger partial charge >= 0.3 is 0 Å². The van der Waals surface area contributed by atoms with Gasteiger partial charge in [0.25, 0.3) is 0 Å². The van der Waals surface area contributed by atoms with E-state index in [4.69, 9.17) is 10.2 Å². The van der Waals surface area contributed by atoms with Crippen LogP contribution >= 0.6 is 0 Å². The van der Waals surface area contributed by atoms with Crippen molar-refractivity contribution in [1.82, 2.24) is 4.98 Å². The average Bonchev–Trinajstić information content (AvgIpc) is 2.95. The number of nitrogens with zero attached hydrogens (tertiary/aromatic N) is 1. The molecule has 104 valence electrons. The van der Waals surface area contributed by atoms with Crippen LogP contribution in [0, 0.1) is 0 Å². The highest BCUT2D eigenvalue weighted by Crippen LogP contribution is 2.39. The molecule has 0 atom stereocenters. The van der Waals surface area contributed by atoms with Crippen LogP contribution < -0.4 is 11.1 Å². The van der Waals surface area contributed by atoms with Crippen molar-refractivity contribution in [2.24, 2.45) is 5.73 Å². The predicted molar refractivity (Wildman–Crippen MR) is 76.4 cm³/mol. The molecule has 20 heavy (non-hydrogen) atoms. The molecule has 0 radical (unpaired) electrons. The molecule has 5 nitrogen and oxygen atoms in total. The van der Waals surface area contributed by atoms with Crippen LogP contribution in [0.2, 0.25) is 0 Å². The first-order valence-electron chi connectivity index (χ1n) is 6.63. The molecule has 0 unspecified atom stereocenters. The molecular weight excluding hydrogens is 254 g/mol. The Morgan fingerprint density at radius 3 is 2.95 bits per heavy atom. The molecule has 2 aromatic rings. The lowest BCUT2D eigenvalue weighted by molar-refractivity contribution is -0.119. The van der Waals surface area contributed by atoms with Crippen LogP contribution in [0.15, 0.2) is 28.9 Å².